The molecule has 0 amide bonds. The predicted molar refractivity (Wildman–Crippen MR) is 21.9 cm³/mol. The van der Waals surface area contributed by atoms with Gasteiger partial charge in [0.15, 0.2) is 0 Å². The van der Waals surface area contributed by atoms with Gasteiger partial charge in [0, 0.05) is 0 Å². The van der Waals surface area contributed by atoms with E-state index in [0.29, 0.717) is 0 Å². The van der Waals surface area contributed by atoms with E-state index in [1.165, 1.54) is 0 Å². The van der Waals surface area contributed by atoms with Crippen molar-refractivity contribution in [2.75, 3.05) is 0 Å². The van der Waals surface area contributed by atoms with Gasteiger partial charge in [-0.1, -0.05) is 0 Å². The molecule has 10 heavy (non-hydrogen) atoms. The Morgan fingerprint density at radius 3 is 1.30 bits per heavy atom. The predicted octanol–water partition coefficient (Wildman–Crippen LogP) is -0.474. The largest absolute Gasteiger partial charge is 0.313 e. The van der Waals surface area contributed by atoms with Gasteiger partial charge in [-0.15, -0.1) is 15.8 Å². The SMILES string of the molecule is N#CON(OC#N)OC#N. The fourth-order valence-electron chi connectivity index (χ4n) is 0.156. The van der Waals surface area contributed by atoms with Gasteiger partial charge in [-0.05, 0) is 0 Å². The molecule has 0 saturated heterocycles. The van der Waals surface area contributed by atoms with Crippen LogP contribution in [0.1, 0.15) is 0 Å². The molecule has 0 bridgehead atoms. The molecular formula is C3N4O3. The van der Waals surface area contributed by atoms with Gasteiger partial charge < -0.3 is 0 Å². The van der Waals surface area contributed by atoms with Gasteiger partial charge in [-0.3, -0.25) is 14.5 Å². The first-order valence-corrected chi connectivity index (χ1v) is 1.83. The summed E-state index contributed by atoms with van der Waals surface area (Å²) in [6.07, 6.45) is 3.33. The van der Waals surface area contributed by atoms with Crippen molar-refractivity contribution in [3.8, 4) is 18.8 Å². The average molecular weight is 140 g/mol. The lowest BCUT2D eigenvalue weighted by Crippen LogP contribution is -2.18. The van der Waals surface area contributed by atoms with Gasteiger partial charge in [0.2, 0.25) is 0 Å². The molecular weight excluding hydrogens is 140 g/mol. The van der Waals surface area contributed by atoms with Gasteiger partial charge in [0.25, 0.3) is 5.39 Å². The fraction of sp³-hybridized carbons (Fsp3) is 0. The fourth-order valence-corrected chi connectivity index (χ4v) is 0.156. The van der Waals surface area contributed by atoms with Gasteiger partial charge in [-0.25, -0.2) is 0 Å². The molecule has 50 valence electrons. The van der Waals surface area contributed by atoms with Crippen LogP contribution in [0.2, 0.25) is 0 Å². The van der Waals surface area contributed by atoms with Crippen molar-refractivity contribution in [3.63, 3.8) is 0 Å². The van der Waals surface area contributed by atoms with E-state index in [2.05, 4.69) is 14.5 Å². The zero-order chi connectivity index (χ0) is 7.82. The van der Waals surface area contributed by atoms with Crippen molar-refractivity contribution in [3.05, 3.63) is 0 Å². The Labute approximate surface area is 55.6 Å². The van der Waals surface area contributed by atoms with Crippen LogP contribution in [0.25, 0.3) is 0 Å². The summed E-state index contributed by atoms with van der Waals surface area (Å²) in [5.41, 5.74) is 0. The van der Waals surface area contributed by atoms with Crippen LogP contribution >= 0.6 is 0 Å². The minimum absolute atomic E-state index is 0.0417. The van der Waals surface area contributed by atoms with Crippen LogP contribution in [0.5, 0.6) is 0 Å². The third-order valence-corrected chi connectivity index (χ3v) is 0.346. The van der Waals surface area contributed by atoms with Crippen LogP contribution in [0.4, 0.5) is 0 Å². The van der Waals surface area contributed by atoms with E-state index in [1.807, 2.05) is 0 Å². The lowest BCUT2D eigenvalue weighted by atomic mass is 11.6. The summed E-state index contributed by atoms with van der Waals surface area (Å²) in [5, 5.41) is 23.4. The molecule has 0 aromatic heterocycles. The summed E-state index contributed by atoms with van der Waals surface area (Å²) in [7, 11) is 0. The summed E-state index contributed by atoms with van der Waals surface area (Å²) in [4.78, 5) is 11.3. The van der Waals surface area contributed by atoms with Crippen molar-refractivity contribution in [1.82, 2.24) is 5.39 Å². The van der Waals surface area contributed by atoms with Gasteiger partial charge in [0.1, 0.15) is 0 Å². The molecule has 0 heterocycles. The molecule has 0 spiro atoms. The Morgan fingerprint density at radius 1 is 0.800 bits per heavy atom. The Hall–Kier alpha value is -2.17. The Balaban J connectivity index is 3.68. The van der Waals surface area contributed by atoms with Crippen LogP contribution in [0, 0.1) is 34.6 Å². The zero-order valence-corrected chi connectivity index (χ0v) is 4.51. The number of hydrogen-bond donors (Lipinski definition) is 0. The Kier molecular flexibility index (Phi) is 3.90. The molecule has 0 rings (SSSR count). The van der Waals surface area contributed by atoms with E-state index in [9.17, 15) is 0 Å². The van der Waals surface area contributed by atoms with Gasteiger partial charge >= 0.3 is 18.8 Å². The average Bonchev–Trinajstić information content (AvgIpc) is 1.90. The second-order valence-electron chi connectivity index (χ2n) is 0.771. The summed E-state index contributed by atoms with van der Waals surface area (Å²) in [5.74, 6) is 0. The summed E-state index contributed by atoms with van der Waals surface area (Å²) in [6, 6.07) is 0. The third kappa shape index (κ3) is 2.92. The lowest BCUT2D eigenvalue weighted by molar-refractivity contribution is -0.458. The first-order chi connectivity index (χ1) is 4.85. The highest BCUT2D eigenvalue weighted by Gasteiger charge is 2.06. The molecule has 0 unspecified atom stereocenters. The molecule has 0 aromatic carbocycles. The third-order valence-electron chi connectivity index (χ3n) is 0.346. The molecule has 0 aliphatic rings. The van der Waals surface area contributed by atoms with Gasteiger partial charge in [0.05, 0.1) is 0 Å². The van der Waals surface area contributed by atoms with Crippen LogP contribution in [-0.2, 0) is 14.5 Å². The normalized spacial score (nSPS) is 6.60. The molecule has 0 aliphatic heterocycles. The number of hydrogen-bond acceptors (Lipinski definition) is 7. The van der Waals surface area contributed by atoms with E-state index in [1.54, 1.807) is 0 Å². The highest BCUT2D eigenvalue weighted by Crippen LogP contribution is 1.89. The molecule has 0 fully saturated rings. The second-order valence-corrected chi connectivity index (χ2v) is 0.771. The number of nitrogens with zero attached hydrogens (tertiary/aromatic N) is 4. The molecule has 0 aromatic rings. The zero-order valence-electron chi connectivity index (χ0n) is 4.51. The maximum atomic E-state index is 7.80. The highest BCUT2D eigenvalue weighted by molar-refractivity contribution is 4.46. The standard InChI is InChI=1S/C3N4O3/c4-1-8-7(9-2-5)10-3-6. The first-order valence-electron chi connectivity index (χ1n) is 1.83. The van der Waals surface area contributed by atoms with Crippen molar-refractivity contribution in [2.24, 2.45) is 0 Å². The first kappa shape index (κ1) is 7.83. The summed E-state index contributed by atoms with van der Waals surface area (Å²) < 4.78 is 0. The van der Waals surface area contributed by atoms with E-state index in [4.69, 9.17) is 15.8 Å². The van der Waals surface area contributed by atoms with Crippen molar-refractivity contribution >= 4 is 0 Å². The molecule has 7 nitrogen and oxygen atoms in total. The molecule has 0 saturated carbocycles. The molecule has 7 heteroatoms. The number of rotatable bonds is 3. The molecule has 0 aliphatic carbocycles. The molecule has 0 atom stereocenters. The lowest BCUT2D eigenvalue weighted by Gasteiger charge is -2.02. The van der Waals surface area contributed by atoms with Crippen LogP contribution in [-0.4, -0.2) is 5.39 Å². The summed E-state index contributed by atoms with van der Waals surface area (Å²) >= 11 is 0. The van der Waals surface area contributed by atoms with Crippen molar-refractivity contribution < 1.29 is 14.5 Å². The van der Waals surface area contributed by atoms with Gasteiger partial charge in [-0.2, -0.15) is 0 Å². The highest BCUT2D eigenvalue weighted by atomic mass is 17.2. The van der Waals surface area contributed by atoms with Crippen LogP contribution in [0.15, 0.2) is 0 Å². The maximum absolute atomic E-state index is 7.80. The maximum Gasteiger partial charge on any atom is 0.313 e. The molecule has 0 N–H and O–H groups in total. The Bertz CT molecular complexity index is 169. The van der Waals surface area contributed by atoms with E-state index in [-0.39, 0.29) is 5.39 Å². The van der Waals surface area contributed by atoms with Crippen LogP contribution < -0.4 is 0 Å². The monoisotopic (exact) mass is 140 g/mol. The minimum Gasteiger partial charge on any atom is -0.254 e. The number of nitriles is 3. The quantitative estimate of drug-likeness (QED) is 0.385. The van der Waals surface area contributed by atoms with E-state index in [0.717, 1.165) is 18.8 Å². The van der Waals surface area contributed by atoms with Crippen molar-refractivity contribution in [2.45, 2.75) is 0 Å². The van der Waals surface area contributed by atoms with Crippen LogP contribution in [0.3, 0.4) is 0 Å². The Morgan fingerprint density at radius 2 is 1.10 bits per heavy atom. The smallest absolute Gasteiger partial charge is 0.254 e. The minimum atomic E-state index is -0.0417. The molecule has 0 radical (unpaired) electrons. The van der Waals surface area contributed by atoms with Crippen molar-refractivity contribution in [1.29, 1.82) is 15.8 Å². The van der Waals surface area contributed by atoms with E-state index >= 15 is 0 Å². The topological polar surface area (TPSA) is 102 Å². The summed E-state index contributed by atoms with van der Waals surface area (Å²) in [6.45, 7) is 0. The van der Waals surface area contributed by atoms with E-state index < -0.39 is 0 Å². The second kappa shape index (κ2) is 4.98.